The van der Waals surface area contributed by atoms with Crippen LogP contribution in [-0.4, -0.2) is 40.4 Å². The number of fused-ring (bicyclic) bond motifs is 1. The monoisotopic (exact) mass is 464 g/mol. The number of benzene rings is 1. The Morgan fingerprint density at radius 1 is 1.11 bits per heavy atom. The molecule has 35 heavy (non-hydrogen) atoms. The predicted octanol–water partition coefficient (Wildman–Crippen LogP) is 3.57. The van der Waals surface area contributed by atoms with E-state index in [0.717, 1.165) is 40.7 Å². The summed E-state index contributed by atoms with van der Waals surface area (Å²) in [5, 5.41) is 12.7. The van der Waals surface area contributed by atoms with Gasteiger partial charge in [0.15, 0.2) is 11.5 Å². The summed E-state index contributed by atoms with van der Waals surface area (Å²) < 4.78 is 3.51. The van der Waals surface area contributed by atoms with E-state index in [4.69, 9.17) is 4.98 Å². The van der Waals surface area contributed by atoms with Crippen molar-refractivity contribution in [2.45, 2.75) is 38.8 Å². The zero-order valence-electron chi connectivity index (χ0n) is 19.3. The van der Waals surface area contributed by atoms with Gasteiger partial charge in [0.25, 0.3) is 5.91 Å². The van der Waals surface area contributed by atoms with Crippen molar-refractivity contribution < 1.29 is 4.79 Å². The summed E-state index contributed by atoms with van der Waals surface area (Å²) in [5.74, 6) is 0.943. The van der Waals surface area contributed by atoms with E-state index >= 15 is 0 Å². The smallest absolute Gasteiger partial charge is 0.252 e. The Hall–Kier alpha value is -4.40. The average molecular weight is 465 g/mol. The Morgan fingerprint density at radius 2 is 2.00 bits per heavy atom. The highest BCUT2D eigenvalue weighted by molar-refractivity contribution is 6.06. The minimum absolute atomic E-state index is 0.135. The summed E-state index contributed by atoms with van der Waals surface area (Å²) in [4.78, 5) is 26.8. The Labute approximate surface area is 201 Å². The van der Waals surface area contributed by atoms with Gasteiger partial charge >= 0.3 is 0 Å². The molecule has 0 saturated heterocycles. The van der Waals surface area contributed by atoms with E-state index in [1.165, 1.54) is 6.33 Å². The van der Waals surface area contributed by atoms with Crippen molar-refractivity contribution in [3.8, 4) is 5.82 Å². The van der Waals surface area contributed by atoms with Gasteiger partial charge in [0.2, 0.25) is 0 Å². The number of amides is 1. The molecule has 0 aliphatic heterocycles. The number of hydrogen-bond acceptors (Lipinski definition) is 6. The molecule has 1 fully saturated rings. The third-order valence-electron chi connectivity index (χ3n) is 6.19. The fourth-order valence-corrected chi connectivity index (χ4v) is 4.33. The quantitative estimate of drug-likeness (QED) is 0.395. The summed E-state index contributed by atoms with van der Waals surface area (Å²) in [6.07, 6.45) is 7.12. The third-order valence-corrected chi connectivity index (χ3v) is 6.19. The molecule has 9 heteroatoms. The molecular weight excluding hydrogens is 440 g/mol. The second-order valence-corrected chi connectivity index (χ2v) is 8.85. The number of nitrogens with zero attached hydrogens (tertiary/aromatic N) is 7. The number of carbonyl (C=O) groups excluding carboxylic acids is 1. The van der Waals surface area contributed by atoms with Gasteiger partial charge in [0, 0.05) is 24.4 Å². The van der Waals surface area contributed by atoms with E-state index in [0.29, 0.717) is 36.0 Å². The molecule has 174 valence electrons. The second kappa shape index (κ2) is 8.75. The van der Waals surface area contributed by atoms with Gasteiger partial charge in [0.1, 0.15) is 12.7 Å². The van der Waals surface area contributed by atoms with Crippen LogP contribution in [0.4, 0.5) is 0 Å². The number of carbonyl (C=O) groups is 1. The van der Waals surface area contributed by atoms with Crippen LogP contribution in [-0.2, 0) is 13.1 Å². The highest BCUT2D eigenvalue weighted by Gasteiger charge is 2.29. The molecule has 1 aliphatic rings. The maximum Gasteiger partial charge on any atom is 0.252 e. The van der Waals surface area contributed by atoms with Crippen molar-refractivity contribution in [3.63, 3.8) is 0 Å². The van der Waals surface area contributed by atoms with Crippen molar-refractivity contribution in [1.82, 2.24) is 39.8 Å². The number of rotatable bonds is 7. The van der Waals surface area contributed by atoms with Gasteiger partial charge in [-0.15, -0.1) is 0 Å². The van der Waals surface area contributed by atoms with Crippen molar-refractivity contribution in [3.05, 3.63) is 95.5 Å². The van der Waals surface area contributed by atoms with Crippen LogP contribution in [0.15, 0.2) is 67.4 Å². The summed E-state index contributed by atoms with van der Waals surface area (Å²) in [6, 6.07) is 15.7. The minimum Gasteiger partial charge on any atom is -0.348 e. The lowest BCUT2D eigenvalue weighted by Crippen LogP contribution is -2.23. The van der Waals surface area contributed by atoms with Crippen molar-refractivity contribution in [1.29, 1.82) is 0 Å². The molecule has 1 aromatic carbocycles. The largest absolute Gasteiger partial charge is 0.348 e. The summed E-state index contributed by atoms with van der Waals surface area (Å²) in [7, 11) is 0. The van der Waals surface area contributed by atoms with Crippen LogP contribution in [0.1, 0.15) is 51.6 Å². The highest BCUT2D eigenvalue weighted by Crippen LogP contribution is 2.40. The SMILES string of the molecule is Cc1nn(-c2ccccn2)c2nc(C3CC3)cc(C(=O)NCc3cccc(Cn4cncn4)c3)c12. The minimum atomic E-state index is -0.135. The Kier molecular flexibility index (Phi) is 5.29. The fourth-order valence-electron chi connectivity index (χ4n) is 4.33. The van der Waals surface area contributed by atoms with E-state index < -0.39 is 0 Å². The number of hydrogen-bond donors (Lipinski definition) is 1. The van der Waals surface area contributed by atoms with Crippen LogP contribution in [0.2, 0.25) is 0 Å². The lowest BCUT2D eigenvalue weighted by atomic mass is 10.1. The summed E-state index contributed by atoms with van der Waals surface area (Å²) >= 11 is 0. The van der Waals surface area contributed by atoms with Crippen molar-refractivity contribution in [2.75, 3.05) is 0 Å². The molecule has 0 radical (unpaired) electrons. The molecule has 4 heterocycles. The fraction of sp³-hybridized carbons (Fsp3) is 0.231. The molecule has 0 atom stereocenters. The summed E-state index contributed by atoms with van der Waals surface area (Å²) in [6.45, 7) is 2.95. The average Bonchev–Trinajstić information content (AvgIpc) is 3.52. The van der Waals surface area contributed by atoms with E-state index in [9.17, 15) is 4.79 Å². The molecule has 0 unspecified atom stereocenters. The van der Waals surface area contributed by atoms with E-state index in [1.807, 2.05) is 49.4 Å². The van der Waals surface area contributed by atoms with Gasteiger partial charge in [0.05, 0.1) is 23.2 Å². The zero-order valence-corrected chi connectivity index (χ0v) is 19.3. The second-order valence-electron chi connectivity index (χ2n) is 8.85. The molecule has 9 nitrogen and oxygen atoms in total. The van der Waals surface area contributed by atoms with Crippen molar-refractivity contribution >= 4 is 16.9 Å². The van der Waals surface area contributed by atoms with Crippen LogP contribution < -0.4 is 5.32 Å². The van der Waals surface area contributed by atoms with Crippen LogP contribution in [0, 0.1) is 6.92 Å². The number of pyridine rings is 2. The zero-order chi connectivity index (χ0) is 23.8. The maximum atomic E-state index is 13.5. The topological polar surface area (TPSA) is 103 Å². The molecule has 5 aromatic rings. The van der Waals surface area contributed by atoms with Crippen LogP contribution in [0.3, 0.4) is 0 Å². The van der Waals surface area contributed by atoms with E-state index in [-0.39, 0.29) is 5.91 Å². The number of aromatic nitrogens is 7. The Morgan fingerprint density at radius 3 is 2.77 bits per heavy atom. The first kappa shape index (κ1) is 21.2. The first-order chi connectivity index (χ1) is 17.2. The van der Waals surface area contributed by atoms with Gasteiger partial charge in [-0.05, 0) is 49.1 Å². The van der Waals surface area contributed by atoms with Gasteiger partial charge in [-0.25, -0.2) is 19.6 Å². The van der Waals surface area contributed by atoms with E-state index in [1.54, 1.807) is 21.9 Å². The van der Waals surface area contributed by atoms with Gasteiger partial charge in [-0.2, -0.15) is 14.9 Å². The molecule has 4 aromatic heterocycles. The van der Waals surface area contributed by atoms with E-state index in [2.05, 4.69) is 31.5 Å². The summed E-state index contributed by atoms with van der Waals surface area (Å²) in [5.41, 5.74) is 5.08. The number of nitrogens with one attached hydrogen (secondary N) is 1. The molecule has 0 bridgehead atoms. The lowest BCUT2D eigenvalue weighted by Gasteiger charge is -2.10. The molecular formula is C26H24N8O. The van der Waals surface area contributed by atoms with Gasteiger partial charge in [-0.1, -0.05) is 30.3 Å². The van der Waals surface area contributed by atoms with Crippen LogP contribution in [0.25, 0.3) is 16.9 Å². The molecule has 0 spiro atoms. The molecule has 1 N–H and O–H groups in total. The first-order valence-corrected chi connectivity index (χ1v) is 11.7. The molecule has 1 amide bonds. The van der Waals surface area contributed by atoms with Crippen LogP contribution in [0.5, 0.6) is 0 Å². The highest BCUT2D eigenvalue weighted by atomic mass is 16.1. The first-order valence-electron chi connectivity index (χ1n) is 11.7. The number of aryl methyl sites for hydroxylation is 1. The molecule has 1 saturated carbocycles. The third kappa shape index (κ3) is 4.28. The Balaban J connectivity index is 1.30. The molecule has 6 rings (SSSR count). The Bertz CT molecular complexity index is 1500. The lowest BCUT2D eigenvalue weighted by molar-refractivity contribution is 0.0952. The standard InChI is InChI=1S/C26H24N8O/c1-17-24-21(26(35)29-13-18-5-4-6-19(11-18)14-33-16-27-15-30-33)12-22(20-8-9-20)31-25(24)34(32-17)23-7-2-3-10-28-23/h2-7,10-12,15-16,20H,8-9,13-14H2,1H3,(H,29,35). The van der Waals surface area contributed by atoms with Crippen LogP contribution >= 0.6 is 0 Å². The maximum absolute atomic E-state index is 13.5. The molecule has 1 aliphatic carbocycles. The predicted molar refractivity (Wildman–Crippen MR) is 130 cm³/mol. The van der Waals surface area contributed by atoms with Crippen molar-refractivity contribution in [2.24, 2.45) is 0 Å². The van der Waals surface area contributed by atoms with Gasteiger partial charge in [-0.3, -0.25) is 4.79 Å². The van der Waals surface area contributed by atoms with Gasteiger partial charge < -0.3 is 5.32 Å². The normalized spacial score (nSPS) is 13.3.